The van der Waals surface area contributed by atoms with Crippen LogP contribution in [-0.2, 0) is 19.6 Å². The van der Waals surface area contributed by atoms with Gasteiger partial charge in [0.2, 0.25) is 0 Å². The molecule has 3 atom stereocenters. The third kappa shape index (κ3) is 6.88. The highest BCUT2D eigenvalue weighted by Gasteiger charge is 2.32. The van der Waals surface area contributed by atoms with Crippen molar-refractivity contribution in [2.75, 3.05) is 19.8 Å². The predicted molar refractivity (Wildman–Crippen MR) is 158 cm³/mol. The molecule has 3 unspecified atom stereocenters. The van der Waals surface area contributed by atoms with Gasteiger partial charge in [-0.25, -0.2) is 0 Å². The second-order valence-electron chi connectivity index (χ2n) is 11.4. The fourth-order valence-corrected chi connectivity index (χ4v) is 5.97. The molecule has 0 N–H and O–H groups in total. The Labute approximate surface area is 243 Å². The van der Waals surface area contributed by atoms with Gasteiger partial charge in [-0.1, -0.05) is 36.4 Å². The Morgan fingerprint density at radius 1 is 0.463 bits per heavy atom. The molecule has 3 saturated heterocycles. The van der Waals surface area contributed by atoms with Gasteiger partial charge in [-0.05, 0) is 98.5 Å². The van der Waals surface area contributed by atoms with Crippen molar-refractivity contribution < 1.29 is 28.4 Å². The van der Waals surface area contributed by atoms with Gasteiger partial charge < -0.3 is 28.4 Å². The van der Waals surface area contributed by atoms with E-state index in [9.17, 15) is 0 Å². The number of hydrogen-bond donors (Lipinski definition) is 0. The minimum atomic E-state index is -0.417. The molecular formula is C35H42O6. The smallest absolute Gasteiger partial charge is 0.199 e. The molecule has 3 aliphatic heterocycles. The molecule has 3 aromatic rings. The topological polar surface area (TPSA) is 55.4 Å². The molecule has 6 heteroatoms. The van der Waals surface area contributed by atoms with Crippen LogP contribution in [0.3, 0.4) is 0 Å². The van der Waals surface area contributed by atoms with Gasteiger partial charge in [0, 0.05) is 24.7 Å². The van der Waals surface area contributed by atoms with Crippen molar-refractivity contribution in [1.82, 2.24) is 0 Å². The van der Waals surface area contributed by atoms with E-state index in [4.69, 9.17) is 28.4 Å². The second-order valence-corrected chi connectivity index (χ2v) is 11.4. The van der Waals surface area contributed by atoms with Crippen LogP contribution in [0.1, 0.15) is 81.4 Å². The molecule has 218 valence electrons. The maximum atomic E-state index is 6.13. The van der Waals surface area contributed by atoms with Crippen LogP contribution in [-0.4, -0.2) is 38.7 Å². The fraction of sp³-hybridized carbons (Fsp3) is 0.486. The summed E-state index contributed by atoms with van der Waals surface area (Å²) >= 11 is 0. The molecule has 3 fully saturated rings. The summed E-state index contributed by atoms with van der Waals surface area (Å²) in [5.41, 5.74) is 3.09. The van der Waals surface area contributed by atoms with Gasteiger partial charge in [0.25, 0.3) is 0 Å². The first-order valence-electron chi connectivity index (χ1n) is 15.3. The lowest BCUT2D eigenvalue weighted by molar-refractivity contribution is -0.106. The quantitative estimate of drug-likeness (QED) is 0.250. The minimum Gasteiger partial charge on any atom is -0.465 e. The van der Waals surface area contributed by atoms with Gasteiger partial charge in [0.15, 0.2) is 18.9 Å². The fourth-order valence-electron chi connectivity index (χ4n) is 5.97. The van der Waals surface area contributed by atoms with E-state index in [2.05, 4.69) is 79.7 Å². The highest BCUT2D eigenvalue weighted by Crippen LogP contribution is 2.41. The van der Waals surface area contributed by atoms with Gasteiger partial charge in [0.05, 0.1) is 19.8 Å². The monoisotopic (exact) mass is 558 g/mol. The van der Waals surface area contributed by atoms with Gasteiger partial charge in [-0.2, -0.15) is 0 Å². The molecule has 0 bridgehead atoms. The highest BCUT2D eigenvalue weighted by molar-refractivity contribution is 5.52. The molecule has 6 rings (SSSR count). The van der Waals surface area contributed by atoms with Crippen LogP contribution in [0, 0.1) is 0 Å². The normalized spacial score (nSPS) is 24.7. The van der Waals surface area contributed by atoms with Crippen molar-refractivity contribution in [3.8, 4) is 17.2 Å². The maximum absolute atomic E-state index is 6.13. The Morgan fingerprint density at radius 2 is 0.756 bits per heavy atom. The first-order chi connectivity index (χ1) is 20.2. The van der Waals surface area contributed by atoms with Crippen LogP contribution in [0.2, 0.25) is 0 Å². The highest BCUT2D eigenvalue weighted by atomic mass is 16.7. The first kappa shape index (κ1) is 28.1. The largest absolute Gasteiger partial charge is 0.465 e. The summed E-state index contributed by atoms with van der Waals surface area (Å²) in [4.78, 5) is 0. The third-order valence-corrected chi connectivity index (χ3v) is 8.51. The third-order valence-electron chi connectivity index (χ3n) is 8.51. The molecule has 0 saturated carbocycles. The number of hydrogen-bond acceptors (Lipinski definition) is 6. The van der Waals surface area contributed by atoms with Crippen LogP contribution in [0.15, 0.2) is 72.8 Å². The Balaban J connectivity index is 1.26. The van der Waals surface area contributed by atoms with Crippen molar-refractivity contribution in [1.29, 1.82) is 0 Å². The molecular weight excluding hydrogens is 516 g/mol. The SMILES string of the molecule is CC(c1ccc(OC2CCCCO2)cc1)(c1ccc(OC2CCCCO2)cc1)c1ccc(OC2CCCCO2)cc1. The van der Waals surface area contributed by atoms with Gasteiger partial charge >= 0.3 is 0 Å². The van der Waals surface area contributed by atoms with Crippen molar-refractivity contribution >= 4 is 0 Å². The van der Waals surface area contributed by atoms with Crippen molar-refractivity contribution in [2.24, 2.45) is 0 Å². The molecule has 0 radical (unpaired) electrons. The number of benzene rings is 3. The number of ether oxygens (including phenoxy) is 6. The molecule has 0 aliphatic carbocycles. The Bertz CT molecular complexity index is 1050. The Kier molecular flexibility index (Phi) is 9.10. The van der Waals surface area contributed by atoms with Gasteiger partial charge in [0.1, 0.15) is 17.2 Å². The van der Waals surface area contributed by atoms with E-state index in [0.717, 1.165) is 94.9 Å². The van der Waals surface area contributed by atoms with Crippen molar-refractivity contribution in [2.45, 2.75) is 89.0 Å². The van der Waals surface area contributed by atoms with Crippen LogP contribution < -0.4 is 14.2 Å². The van der Waals surface area contributed by atoms with Crippen LogP contribution >= 0.6 is 0 Å². The summed E-state index contributed by atoms with van der Waals surface area (Å²) in [7, 11) is 0. The van der Waals surface area contributed by atoms with Crippen LogP contribution in [0.5, 0.6) is 17.2 Å². The standard InChI is InChI=1S/C35H42O6/c1-35(26-11-17-29(18-12-26)39-32-8-2-5-23-36-32,27-13-19-30(20-14-27)40-33-9-3-6-24-37-33)28-15-21-31(22-16-28)41-34-10-4-7-25-38-34/h11-22,32-34H,2-10,23-25H2,1H3. The zero-order valence-corrected chi connectivity index (χ0v) is 24.1. The van der Waals surface area contributed by atoms with E-state index in [-0.39, 0.29) is 18.9 Å². The van der Waals surface area contributed by atoms with E-state index >= 15 is 0 Å². The summed E-state index contributed by atoms with van der Waals surface area (Å²) in [6.07, 6.45) is 9.03. The van der Waals surface area contributed by atoms with Crippen molar-refractivity contribution in [3.63, 3.8) is 0 Å². The van der Waals surface area contributed by atoms with E-state index in [0.29, 0.717) is 0 Å². The lowest BCUT2D eigenvalue weighted by Gasteiger charge is -2.33. The Morgan fingerprint density at radius 3 is 1.00 bits per heavy atom. The number of rotatable bonds is 9. The van der Waals surface area contributed by atoms with E-state index < -0.39 is 5.41 Å². The Hall–Kier alpha value is -3.06. The molecule has 0 aromatic heterocycles. The summed E-state index contributed by atoms with van der Waals surface area (Å²) in [6.45, 7) is 4.56. The predicted octanol–water partition coefficient (Wildman–Crippen LogP) is 7.76. The molecule has 6 nitrogen and oxygen atoms in total. The summed E-state index contributed by atoms with van der Waals surface area (Å²) in [6, 6.07) is 25.3. The van der Waals surface area contributed by atoms with E-state index in [1.165, 1.54) is 16.7 Å². The average Bonchev–Trinajstić information content (AvgIpc) is 3.03. The van der Waals surface area contributed by atoms with Gasteiger partial charge in [-0.15, -0.1) is 0 Å². The lowest BCUT2D eigenvalue weighted by Crippen LogP contribution is -2.27. The minimum absolute atomic E-state index is 0.164. The molecule has 3 heterocycles. The van der Waals surface area contributed by atoms with Crippen molar-refractivity contribution in [3.05, 3.63) is 89.5 Å². The molecule has 41 heavy (non-hydrogen) atoms. The molecule has 0 spiro atoms. The molecule has 0 amide bonds. The van der Waals surface area contributed by atoms with E-state index in [1.807, 2.05) is 0 Å². The molecule has 3 aromatic carbocycles. The zero-order valence-electron chi connectivity index (χ0n) is 24.1. The van der Waals surface area contributed by atoms with E-state index in [1.54, 1.807) is 0 Å². The average molecular weight is 559 g/mol. The summed E-state index contributed by atoms with van der Waals surface area (Å²) in [5.74, 6) is 2.49. The summed E-state index contributed by atoms with van der Waals surface area (Å²) in [5, 5.41) is 0. The van der Waals surface area contributed by atoms with Crippen LogP contribution in [0.4, 0.5) is 0 Å². The maximum Gasteiger partial charge on any atom is 0.199 e. The first-order valence-corrected chi connectivity index (χ1v) is 15.3. The summed E-state index contributed by atoms with van der Waals surface area (Å²) < 4.78 is 35.7. The zero-order chi connectivity index (χ0) is 27.9. The lowest BCUT2D eigenvalue weighted by atomic mass is 9.71. The van der Waals surface area contributed by atoms with Crippen LogP contribution in [0.25, 0.3) is 0 Å². The second kappa shape index (κ2) is 13.3. The molecule has 3 aliphatic rings. The van der Waals surface area contributed by atoms with Gasteiger partial charge in [-0.3, -0.25) is 0 Å².